The molecule has 1 heterocycles. The van der Waals surface area contributed by atoms with Crippen molar-refractivity contribution in [3.8, 4) is 0 Å². The van der Waals surface area contributed by atoms with Crippen LogP contribution in [0.4, 0.5) is 5.82 Å². The molecule has 0 aliphatic carbocycles. The number of thioether (sulfide) groups is 1. The topological polar surface area (TPSA) is 45.1 Å². The molecule has 1 aromatic carbocycles. The molecule has 6 heteroatoms. The molecule has 0 radical (unpaired) electrons. The number of halogens is 1. The Balaban J connectivity index is 1.82. The summed E-state index contributed by atoms with van der Waals surface area (Å²) >= 11 is 12.3. The van der Waals surface area contributed by atoms with E-state index in [1.54, 1.807) is 18.3 Å². The standard InChI is InChI=1S/C14H13ClN2OS2/c15-11-6-7-13(16-8-11)17-14(19)20-9-12(18)10-4-2-1-3-5-10/h1-8,12,18H,9H2,(H,16,17,19). The number of aromatic nitrogens is 1. The summed E-state index contributed by atoms with van der Waals surface area (Å²) in [5.41, 5.74) is 0.882. The fourth-order valence-electron chi connectivity index (χ4n) is 1.52. The molecule has 0 fully saturated rings. The van der Waals surface area contributed by atoms with E-state index in [4.69, 9.17) is 23.8 Å². The van der Waals surface area contributed by atoms with Crippen LogP contribution < -0.4 is 5.32 Å². The third-order valence-electron chi connectivity index (χ3n) is 2.51. The minimum atomic E-state index is -0.542. The zero-order chi connectivity index (χ0) is 14.4. The van der Waals surface area contributed by atoms with E-state index < -0.39 is 6.10 Å². The number of aliphatic hydroxyl groups excluding tert-OH is 1. The van der Waals surface area contributed by atoms with Crippen LogP contribution in [0.15, 0.2) is 48.7 Å². The van der Waals surface area contributed by atoms with E-state index in [1.165, 1.54) is 11.8 Å². The first-order valence-corrected chi connectivity index (χ1v) is 7.70. The lowest BCUT2D eigenvalue weighted by Crippen LogP contribution is -2.09. The van der Waals surface area contributed by atoms with Crippen molar-refractivity contribution in [1.82, 2.24) is 4.98 Å². The Morgan fingerprint density at radius 2 is 2.05 bits per heavy atom. The van der Waals surface area contributed by atoms with Gasteiger partial charge in [-0.05, 0) is 17.7 Å². The number of nitrogens with one attached hydrogen (secondary N) is 1. The van der Waals surface area contributed by atoms with Crippen molar-refractivity contribution in [1.29, 1.82) is 0 Å². The van der Waals surface area contributed by atoms with E-state index in [2.05, 4.69) is 10.3 Å². The molecule has 0 amide bonds. The molecule has 0 saturated heterocycles. The van der Waals surface area contributed by atoms with Crippen molar-refractivity contribution in [2.45, 2.75) is 6.10 Å². The summed E-state index contributed by atoms with van der Waals surface area (Å²) in [6, 6.07) is 13.0. The summed E-state index contributed by atoms with van der Waals surface area (Å²) in [4.78, 5) is 4.10. The van der Waals surface area contributed by atoms with Gasteiger partial charge in [0.1, 0.15) is 10.1 Å². The van der Waals surface area contributed by atoms with Crippen LogP contribution in [0.5, 0.6) is 0 Å². The first-order valence-electron chi connectivity index (χ1n) is 5.93. The normalized spacial score (nSPS) is 11.9. The summed E-state index contributed by atoms with van der Waals surface area (Å²) in [5, 5.41) is 13.6. The number of aliphatic hydroxyl groups is 1. The molecule has 0 bridgehead atoms. The Labute approximate surface area is 132 Å². The number of pyridine rings is 1. The zero-order valence-electron chi connectivity index (χ0n) is 10.5. The van der Waals surface area contributed by atoms with Crippen molar-refractivity contribution in [3.63, 3.8) is 0 Å². The molecule has 2 aromatic rings. The van der Waals surface area contributed by atoms with E-state index >= 15 is 0 Å². The van der Waals surface area contributed by atoms with Gasteiger partial charge in [-0.25, -0.2) is 4.98 Å². The van der Waals surface area contributed by atoms with E-state index in [1.807, 2.05) is 30.3 Å². The van der Waals surface area contributed by atoms with Crippen LogP contribution in [-0.2, 0) is 0 Å². The van der Waals surface area contributed by atoms with Crippen molar-refractivity contribution >= 4 is 45.7 Å². The van der Waals surface area contributed by atoms with Crippen LogP contribution in [0.1, 0.15) is 11.7 Å². The van der Waals surface area contributed by atoms with Crippen LogP contribution in [0.25, 0.3) is 0 Å². The molecule has 0 aliphatic heterocycles. The number of hydrogen-bond donors (Lipinski definition) is 2. The molecular weight excluding hydrogens is 312 g/mol. The van der Waals surface area contributed by atoms with Gasteiger partial charge >= 0.3 is 0 Å². The largest absolute Gasteiger partial charge is 0.388 e. The average Bonchev–Trinajstić information content (AvgIpc) is 2.48. The van der Waals surface area contributed by atoms with Gasteiger partial charge in [-0.3, -0.25) is 0 Å². The highest BCUT2D eigenvalue weighted by atomic mass is 35.5. The third kappa shape index (κ3) is 4.76. The van der Waals surface area contributed by atoms with Gasteiger partial charge in [0.25, 0.3) is 0 Å². The summed E-state index contributed by atoms with van der Waals surface area (Å²) in [6.45, 7) is 0. The van der Waals surface area contributed by atoms with Gasteiger partial charge in [0.05, 0.1) is 11.1 Å². The maximum atomic E-state index is 10.0. The molecule has 20 heavy (non-hydrogen) atoms. The van der Waals surface area contributed by atoms with Crippen molar-refractivity contribution < 1.29 is 5.11 Å². The average molecular weight is 325 g/mol. The lowest BCUT2D eigenvalue weighted by atomic mass is 10.1. The van der Waals surface area contributed by atoms with Crippen LogP contribution in [0.3, 0.4) is 0 Å². The predicted molar refractivity (Wildman–Crippen MR) is 89.3 cm³/mol. The van der Waals surface area contributed by atoms with E-state index in [9.17, 15) is 5.11 Å². The van der Waals surface area contributed by atoms with E-state index in [0.29, 0.717) is 20.9 Å². The summed E-state index contributed by atoms with van der Waals surface area (Å²) < 4.78 is 0.565. The van der Waals surface area contributed by atoms with Gasteiger partial charge in [-0.1, -0.05) is 65.9 Å². The van der Waals surface area contributed by atoms with Gasteiger partial charge in [0.2, 0.25) is 0 Å². The minimum absolute atomic E-state index is 0.490. The highest BCUT2D eigenvalue weighted by Gasteiger charge is 2.09. The highest BCUT2D eigenvalue weighted by Crippen LogP contribution is 2.20. The Bertz CT molecular complexity index is 563. The first kappa shape index (κ1) is 15.3. The number of thiocarbonyl (C=S) groups is 1. The van der Waals surface area contributed by atoms with Crippen LogP contribution in [0.2, 0.25) is 5.02 Å². The van der Waals surface area contributed by atoms with Crippen LogP contribution in [-0.4, -0.2) is 20.2 Å². The van der Waals surface area contributed by atoms with Gasteiger partial charge in [-0.2, -0.15) is 0 Å². The summed E-state index contributed by atoms with van der Waals surface area (Å²) in [7, 11) is 0. The number of benzene rings is 1. The number of anilines is 1. The van der Waals surface area contributed by atoms with Gasteiger partial charge in [0, 0.05) is 11.9 Å². The smallest absolute Gasteiger partial charge is 0.139 e. The van der Waals surface area contributed by atoms with Gasteiger partial charge in [-0.15, -0.1) is 0 Å². The number of nitrogens with zero attached hydrogens (tertiary/aromatic N) is 1. The second-order valence-electron chi connectivity index (χ2n) is 4.01. The Kier molecular flexibility index (Phi) is 5.79. The quantitative estimate of drug-likeness (QED) is 0.835. The van der Waals surface area contributed by atoms with Crippen molar-refractivity contribution in [2.75, 3.05) is 11.1 Å². The predicted octanol–water partition coefficient (Wildman–Crippen LogP) is 3.90. The first-order chi connectivity index (χ1) is 9.65. The fourth-order valence-corrected chi connectivity index (χ4v) is 2.62. The number of hydrogen-bond acceptors (Lipinski definition) is 4. The summed E-state index contributed by atoms with van der Waals surface area (Å²) in [5.74, 6) is 1.13. The van der Waals surface area contributed by atoms with Crippen LogP contribution >= 0.6 is 35.6 Å². The van der Waals surface area contributed by atoms with Crippen molar-refractivity contribution in [3.05, 3.63) is 59.2 Å². The molecule has 1 unspecified atom stereocenters. The molecule has 1 atom stereocenters. The molecule has 0 aliphatic rings. The van der Waals surface area contributed by atoms with Crippen LogP contribution in [0, 0.1) is 0 Å². The SMILES string of the molecule is OC(CSC(=S)Nc1ccc(Cl)cn1)c1ccccc1. The Morgan fingerprint density at radius 3 is 2.70 bits per heavy atom. The Morgan fingerprint density at radius 1 is 1.30 bits per heavy atom. The molecule has 0 spiro atoms. The fraction of sp³-hybridized carbons (Fsp3) is 0.143. The maximum Gasteiger partial charge on any atom is 0.139 e. The zero-order valence-corrected chi connectivity index (χ0v) is 12.9. The second-order valence-corrected chi connectivity index (χ2v) is 6.14. The molecule has 104 valence electrons. The lowest BCUT2D eigenvalue weighted by Gasteiger charge is -2.11. The lowest BCUT2D eigenvalue weighted by molar-refractivity contribution is 0.204. The molecule has 1 aromatic heterocycles. The second kappa shape index (κ2) is 7.59. The van der Waals surface area contributed by atoms with E-state index in [-0.39, 0.29) is 0 Å². The molecule has 0 saturated carbocycles. The molecule has 2 N–H and O–H groups in total. The molecule has 3 nitrogen and oxygen atoms in total. The van der Waals surface area contributed by atoms with Gasteiger partial charge in [0.15, 0.2) is 0 Å². The highest BCUT2D eigenvalue weighted by molar-refractivity contribution is 8.23. The minimum Gasteiger partial charge on any atom is -0.388 e. The van der Waals surface area contributed by atoms with Gasteiger partial charge < -0.3 is 10.4 Å². The van der Waals surface area contributed by atoms with E-state index in [0.717, 1.165) is 5.56 Å². The molecule has 2 rings (SSSR count). The van der Waals surface area contributed by atoms with Crippen molar-refractivity contribution in [2.24, 2.45) is 0 Å². The Hall–Kier alpha value is -1.14. The monoisotopic (exact) mass is 324 g/mol. The third-order valence-corrected chi connectivity index (χ3v) is 4.04. The number of rotatable bonds is 4. The molecular formula is C14H13ClN2OS2. The maximum absolute atomic E-state index is 10.0. The summed E-state index contributed by atoms with van der Waals surface area (Å²) in [6.07, 6.45) is 1.01.